The number of pyridine rings is 1. The molecule has 0 aliphatic carbocycles. The number of hydrogen-bond donors (Lipinski definition) is 2. The van der Waals surface area contributed by atoms with Crippen molar-refractivity contribution in [1.29, 1.82) is 0 Å². The minimum atomic E-state index is -0.214. The number of benzene rings is 2. The maximum absolute atomic E-state index is 12.9. The number of anilines is 1. The van der Waals surface area contributed by atoms with Gasteiger partial charge in [-0.3, -0.25) is 4.79 Å². The van der Waals surface area contributed by atoms with Crippen LogP contribution in [0.2, 0.25) is 0 Å². The van der Waals surface area contributed by atoms with Crippen LogP contribution in [0.15, 0.2) is 70.1 Å². The zero-order valence-electron chi connectivity index (χ0n) is 19.1. The normalized spacial score (nSPS) is 10.7. The SMILES string of the molecule is COc1cccc(NC(=S)N(Cc2ccco2)Cc2cc3cc(OC)c(OC)cc3[nH]c2=O)c1. The summed E-state index contributed by atoms with van der Waals surface area (Å²) in [5.74, 6) is 2.55. The molecular weight excluding hydrogens is 454 g/mol. The third-order valence-electron chi connectivity index (χ3n) is 5.32. The Hall–Kier alpha value is -3.98. The molecule has 0 atom stereocenters. The number of rotatable bonds is 8. The van der Waals surface area contributed by atoms with Crippen LogP contribution in [0, 0.1) is 0 Å². The number of thiocarbonyl (C=S) groups is 1. The van der Waals surface area contributed by atoms with Crippen LogP contribution < -0.4 is 25.1 Å². The molecule has 0 spiro atoms. The molecule has 0 fully saturated rings. The number of hydrogen-bond acceptors (Lipinski definition) is 6. The van der Waals surface area contributed by atoms with Crippen LogP contribution in [0.1, 0.15) is 11.3 Å². The lowest BCUT2D eigenvalue weighted by Gasteiger charge is -2.25. The average Bonchev–Trinajstić information content (AvgIpc) is 3.36. The van der Waals surface area contributed by atoms with Gasteiger partial charge in [-0.05, 0) is 48.6 Å². The molecule has 176 valence electrons. The van der Waals surface area contributed by atoms with Crippen LogP contribution in [-0.4, -0.2) is 36.3 Å². The van der Waals surface area contributed by atoms with E-state index in [2.05, 4.69) is 10.3 Å². The van der Waals surface area contributed by atoms with Gasteiger partial charge in [0, 0.05) is 28.8 Å². The number of aromatic amines is 1. The maximum Gasteiger partial charge on any atom is 0.253 e. The van der Waals surface area contributed by atoms with Gasteiger partial charge in [0.05, 0.1) is 46.2 Å². The fourth-order valence-electron chi connectivity index (χ4n) is 3.59. The van der Waals surface area contributed by atoms with Gasteiger partial charge in [0.1, 0.15) is 11.5 Å². The van der Waals surface area contributed by atoms with E-state index in [4.69, 9.17) is 30.8 Å². The Balaban J connectivity index is 1.65. The lowest BCUT2D eigenvalue weighted by Crippen LogP contribution is -2.35. The summed E-state index contributed by atoms with van der Waals surface area (Å²) >= 11 is 5.70. The van der Waals surface area contributed by atoms with E-state index in [1.807, 2.05) is 53.4 Å². The van der Waals surface area contributed by atoms with Crippen LogP contribution in [0.3, 0.4) is 0 Å². The summed E-state index contributed by atoms with van der Waals surface area (Å²) in [5.41, 5.74) is 1.76. The van der Waals surface area contributed by atoms with Crippen molar-refractivity contribution in [2.24, 2.45) is 0 Å². The average molecular weight is 480 g/mol. The van der Waals surface area contributed by atoms with E-state index in [1.165, 1.54) is 0 Å². The molecular formula is C25H25N3O5S. The van der Waals surface area contributed by atoms with Crippen molar-refractivity contribution in [3.05, 3.63) is 82.5 Å². The molecule has 4 aromatic rings. The summed E-state index contributed by atoms with van der Waals surface area (Å²) in [6.07, 6.45) is 1.61. The summed E-state index contributed by atoms with van der Waals surface area (Å²) in [4.78, 5) is 17.7. The highest BCUT2D eigenvalue weighted by Gasteiger charge is 2.17. The summed E-state index contributed by atoms with van der Waals surface area (Å²) < 4.78 is 21.6. The zero-order chi connectivity index (χ0) is 24.1. The molecule has 0 saturated carbocycles. The van der Waals surface area contributed by atoms with Gasteiger partial charge in [-0.15, -0.1) is 0 Å². The highest BCUT2D eigenvalue weighted by Crippen LogP contribution is 2.31. The minimum Gasteiger partial charge on any atom is -0.497 e. The monoisotopic (exact) mass is 479 g/mol. The number of furan rings is 1. The van der Waals surface area contributed by atoms with Crippen LogP contribution in [0.25, 0.3) is 10.9 Å². The van der Waals surface area contributed by atoms with Gasteiger partial charge < -0.3 is 33.8 Å². The Morgan fingerprint density at radius 3 is 2.50 bits per heavy atom. The fraction of sp³-hybridized carbons (Fsp3) is 0.200. The molecule has 0 saturated heterocycles. The number of methoxy groups -OCH3 is 3. The van der Waals surface area contributed by atoms with Crippen LogP contribution in [0.5, 0.6) is 17.2 Å². The van der Waals surface area contributed by atoms with Gasteiger partial charge in [-0.2, -0.15) is 0 Å². The Labute approximate surface area is 202 Å². The molecule has 0 unspecified atom stereocenters. The summed E-state index contributed by atoms with van der Waals surface area (Å²) in [6, 6.07) is 16.6. The molecule has 8 nitrogen and oxygen atoms in total. The fourth-order valence-corrected chi connectivity index (χ4v) is 3.84. The van der Waals surface area contributed by atoms with Gasteiger partial charge >= 0.3 is 0 Å². The minimum absolute atomic E-state index is 0.214. The van der Waals surface area contributed by atoms with Gasteiger partial charge in [0.15, 0.2) is 16.6 Å². The topological polar surface area (TPSA) is 89.0 Å². The molecule has 0 radical (unpaired) electrons. The lowest BCUT2D eigenvalue weighted by molar-refractivity contribution is 0.355. The molecule has 0 aliphatic heterocycles. The first-order chi connectivity index (χ1) is 16.5. The van der Waals surface area contributed by atoms with Crippen molar-refractivity contribution in [3.63, 3.8) is 0 Å². The van der Waals surface area contributed by atoms with Gasteiger partial charge in [-0.1, -0.05) is 6.07 Å². The van der Waals surface area contributed by atoms with Crippen molar-refractivity contribution in [2.75, 3.05) is 26.6 Å². The Morgan fingerprint density at radius 1 is 1.00 bits per heavy atom. The van der Waals surface area contributed by atoms with Crippen LogP contribution >= 0.6 is 12.2 Å². The first-order valence-corrected chi connectivity index (χ1v) is 10.9. The first-order valence-electron chi connectivity index (χ1n) is 10.5. The largest absolute Gasteiger partial charge is 0.497 e. The van der Waals surface area contributed by atoms with E-state index in [0.29, 0.717) is 40.0 Å². The van der Waals surface area contributed by atoms with E-state index in [0.717, 1.165) is 16.8 Å². The molecule has 2 aromatic heterocycles. The summed E-state index contributed by atoms with van der Waals surface area (Å²) in [5, 5.41) is 4.48. The number of H-pyrrole nitrogens is 1. The van der Waals surface area contributed by atoms with Crippen LogP contribution in [0.4, 0.5) is 5.69 Å². The summed E-state index contributed by atoms with van der Waals surface area (Å²) in [7, 11) is 4.74. The van der Waals surface area contributed by atoms with Crippen molar-refractivity contribution in [2.45, 2.75) is 13.1 Å². The molecule has 2 heterocycles. The van der Waals surface area contributed by atoms with Gasteiger partial charge in [0.25, 0.3) is 5.56 Å². The highest BCUT2D eigenvalue weighted by atomic mass is 32.1. The standard InChI is InChI=1S/C25H25N3O5S/c1-30-19-7-4-6-18(12-19)26-25(34)28(15-20-8-5-9-33-20)14-17-10-16-11-22(31-2)23(32-3)13-21(16)27-24(17)29/h4-13H,14-15H2,1-3H3,(H,26,34)(H,27,29). The van der Waals surface area contributed by atoms with Crippen LogP contribution in [-0.2, 0) is 13.1 Å². The van der Waals surface area contributed by atoms with Crippen molar-refractivity contribution in [3.8, 4) is 17.2 Å². The van der Waals surface area contributed by atoms with Gasteiger partial charge in [-0.25, -0.2) is 0 Å². The third-order valence-corrected chi connectivity index (χ3v) is 5.68. The highest BCUT2D eigenvalue weighted by molar-refractivity contribution is 7.80. The molecule has 2 aromatic carbocycles. The molecule has 0 aliphatic rings. The molecule has 2 N–H and O–H groups in total. The van der Waals surface area contributed by atoms with E-state index in [-0.39, 0.29) is 12.1 Å². The van der Waals surface area contributed by atoms with E-state index in [1.54, 1.807) is 33.7 Å². The smallest absolute Gasteiger partial charge is 0.253 e. The Morgan fingerprint density at radius 2 is 1.79 bits per heavy atom. The second-order valence-corrected chi connectivity index (χ2v) is 7.90. The molecule has 9 heteroatoms. The van der Waals surface area contributed by atoms with Crippen molar-refractivity contribution < 1.29 is 18.6 Å². The van der Waals surface area contributed by atoms with Crippen molar-refractivity contribution >= 4 is 33.9 Å². The molecule has 0 bridgehead atoms. The number of nitrogens with zero attached hydrogens (tertiary/aromatic N) is 1. The number of aromatic nitrogens is 1. The lowest BCUT2D eigenvalue weighted by atomic mass is 10.1. The predicted molar refractivity (Wildman–Crippen MR) is 135 cm³/mol. The van der Waals surface area contributed by atoms with Gasteiger partial charge in [0.2, 0.25) is 0 Å². The summed E-state index contributed by atoms with van der Waals surface area (Å²) in [6.45, 7) is 0.641. The predicted octanol–water partition coefficient (Wildman–Crippen LogP) is 4.55. The van der Waals surface area contributed by atoms with E-state index < -0.39 is 0 Å². The maximum atomic E-state index is 12.9. The van der Waals surface area contributed by atoms with E-state index >= 15 is 0 Å². The first kappa shape index (κ1) is 23.2. The number of nitrogens with one attached hydrogen (secondary N) is 2. The third kappa shape index (κ3) is 5.15. The quantitative estimate of drug-likeness (QED) is 0.356. The Kier molecular flexibility index (Phi) is 7.03. The zero-order valence-corrected chi connectivity index (χ0v) is 19.9. The number of ether oxygens (including phenoxy) is 3. The second kappa shape index (κ2) is 10.3. The second-order valence-electron chi connectivity index (χ2n) is 7.52. The Bertz CT molecular complexity index is 1350. The van der Waals surface area contributed by atoms with E-state index in [9.17, 15) is 4.79 Å². The molecule has 4 rings (SSSR count). The molecule has 34 heavy (non-hydrogen) atoms. The molecule has 0 amide bonds. The number of fused-ring (bicyclic) bond motifs is 1. The van der Waals surface area contributed by atoms with Crippen molar-refractivity contribution in [1.82, 2.24) is 9.88 Å².